The molecule has 1 aliphatic carbocycles. The van der Waals surface area contributed by atoms with Crippen molar-refractivity contribution >= 4 is 23.2 Å². The third-order valence-corrected chi connectivity index (χ3v) is 3.41. The standard InChI is InChI=1S/C9H13Cl2N3/c1-14-7(8(10)13-9(14)11)5-12-6-3-2-4-6/h6,12H,2-5H2,1H3. The Morgan fingerprint density at radius 3 is 2.64 bits per heavy atom. The van der Waals surface area contributed by atoms with Gasteiger partial charge in [0.15, 0.2) is 5.15 Å². The SMILES string of the molecule is Cn1c(Cl)nc(Cl)c1CNC1CCC1. The van der Waals surface area contributed by atoms with Crippen molar-refractivity contribution in [2.24, 2.45) is 7.05 Å². The molecule has 0 amide bonds. The zero-order valence-electron chi connectivity index (χ0n) is 8.06. The van der Waals surface area contributed by atoms with E-state index in [1.165, 1.54) is 19.3 Å². The average molecular weight is 234 g/mol. The van der Waals surface area contributed by atoms with Gasteiger partial charge >= 0.3 is 0 Å². The summed E-state index contributed by atoms with van der Waals surface area (Å²) in [6.45, 7) is 0.750. The minimum absolute atomic E-state index is 0.445. The topological polar surface area (TPSA) is 29.9 Å². The Morgan fingerprint density at radius 2 is 2.21 bits per heavy atom. The maximum atomic E-state index is 5.94. The van der Waals surface area contributed by atoms with Crippen molar-refractivity contribution in [2.75, 3.05) is 0 Å². The van der Waals surface area contributed by atoms with Gasteiger partial charge in [0.1, 0.15) is 0 Å². The van der Waals surface area contributed by atoms with Gasteiger partial charge in [-0.15, -0.1) is 0 Å². The van der Waals surface area contributed by atoms with E-state index in [1.807, 2.05) is 11.6 Å². The van der Waals surface area contributed by atoms with Gasteiger partial charge < -0.3 is 9.88 Å². The molecule has 1 N–H and O–H groups in total. The zero-order valence-corrected chi connectivity index (χ0v) is 9.57. The molecule has 0 aliphatic heterocycles. The average Bonchev–Trinajstić information content (AvgIpc) is 2.28. The highest BCUT2D eigenvalue weighted by molar-refractivity contribution is 6.32. The Balaban J connectivity index is 2.00. The molecule has 1 saturated carbocycles. The second-order valence-electron chi connectivity index (χ2n) is 3.69. The van der Waals surface area contributed by atoms with E-state index >= 15 is 0 Å². The van der Waals surface area contributed by atoms with Crippen molar-refractivity contribution < 1.29 is 0 Å². The Labute approximate surface area is 93.4 Å². The maximum absolute atomic E-state index is 5.94. The lowest BCUT2D eigenvalue weighted by Crippen LogP contribution is -2.35. The minimum atomic E-state index is 0.445. The van der Waals surface area contributed by atoms with Crippen molar-refractivity contribution in [3.63, 3.8) is 0 Å². The van der Waals surface area contributed by atoms with Crippen molar-refractivity contribution in [2.45, 2.75) is 31.8 Å². The summed E-state index contributed by atoms with van der Waals surface area (Å²) in [4.78, 5) is 3.99. The molecular formula is C9H13Cl2N3. The second-order valence-corrected chi connectivity index (χ2v) is 4.38. The maximum Gasteiger partial charge on any atom is 0.204 e. The molecule has 3 nitrogen and oxygen atoms in total. The lowest BCUT2D eigenvalue weighted by atomic mass is 9.93. The fourth-order valence-corrected chi connectivity index (χ4v) is 2.02. The number of aromatic nitrogens is 2. The van der Waals surface area contributed by atoms with Gasteiger partial charge in [-0.25, -0.2) is 4.98 Å². The molecular weight excluding hydrogens is 221 g/mol. The number of imidazole rings is 1. The predicted octanol–water partition coefficient (Wildman–Crippen LogP) is 2.37. The van der Waals surface area contributed by atoms with Crippen molar-refractivity contribution in [1.29, 1.82) is 0 Å². The van der Waals surface area contributed by atoms with Crippen LogP contribution >= 0.6 is 23.2 Å². The first-order valence-corrected chi connectivity index (χ1v) is 5.54. The van der Waals surface area contributed by atoms with Crippen molar-refractivity contribution in [3.05, 3.63) is 16.1 Å². The highest BCUT2D eigenvalue weighted by atomic mass is 35.5. The van der Waals surface area contributed by atoms with Crippen LogP contribution in [0.5, 0.6) is 0 Å². The van der Waals surface area contributed by atoms with Crippen LogP contribution in [-0.4, -0.2) is 15.6 Å². The molecule has 0 bridgehead atoms. The molecule has 5 heteroatoms. The number of nitrogens with one attached hydrogen (secondary N) is 1. The summed E-state index contributed by atoms with van der Waals surface area (Å²) >= 11 is 11.8. The molecule has 14 heavy (non-hydrogen) atoms. The first-order chi connectivity index (χ1) is 6.68. The van der Waals surface area contributed by atoms with Gasteiger partial charge in [0.05, 0.1) is 5.69 Å². The Hall–Kier alpha value is -0.250. The molecule has 1 fully saturated rings. The zero-order chi connectivity index (χ0) is 10.1. The van der Waals surface area contributed by atoms with Crippen LogP contribution in [0, 0.1) is 0 Å². The van der Waals surface area contributed by atoms with Crippen LogP contribution in [0.25, 0.3) is 0 Å². The summed E-state index contributed by atoms with van der Waals surface area (Å²) in [5.74, 6) is 0. The van der Waals surface area contributed by atoms with Crippen LogP contribution in [0.1, 0.15) is 25.0 Å². The van der Waals surface area contributed by atoms with E-state index in [0.29, 0.717) is 16.5 Å². The molecule has 2 rings (SSSR count). The van der Waals surface area contributed by atoms with Crippen molar-refractivity contribution in [3.8, 4) is 0 Å². The van der Waals surface area contributed by atoms with Crippen LogP contribution in [0.3, 0.4) is 0 Å². The molecule has 1 aromatic rings. The van der Waals surface area contributed by atoms with Crippen LogP contribution in [-0.2, 0) is 13.6 Å². The molecule has 0 aromatic carbocycles. The molecule has 0 unspecified atom stereocenters. The molecule has 1 aromatic heterocycles. The van der Waals surface area contributed by atoms with Gasteiger partial charge in [-0.05, 0) is 24.4 Å². The third-order valence-electron chi connectivity index (χ3n) is 2.77. The van der Waals surface area contributed by atoms with Crippen LogP contribution in [0.4, 0.5) is 0 Å². The summed E-state index contributed by atoms with van der Waals surface area (Å²) in [7, 11) is 1.87. The number of hydrogen-bond donors (Lipinski definition) is 1. The molecule has 1 heterocycles. The van der Waals surface area contributed by atoms with E-state index in [1.54, 1.807) is 0 Å². The van der Waals surface area contributed by atoms with E-state index in [2.05, 4.69) is 10.3 Å². The first kappa shape index (κ1) is 10.3. The largest absolute Gasteiger partial charge is 0.319 e. The second kappa shape index (κ2) is 4.09. The van der Waals surface area contributed by atoms with Gasteiger partial charge in [0.25, 0.3) is 0 Å². The molecule has 78 valence electrons. The van der Waals surface area contributed by atoms with Crippen molar-refractivity contribution in [1.82, 2.24) is 14.9 Å². The van der Waals surface area contributed by atoms with E-state index in [9.17, 15) is 0 Å². The molecule has 1 aliphatic rings. The van der Waals surface area contributed by atoms with E-state index in [-0.39, 0.29) is 0 Å². The summed E-state index contributed by atoms with van der Waals surface area (Å²) in [5.41, 5.74) is 0.962. The van der Waals surface area contributed by atoms with Gasteiger partial charge in [-0.1, -0.05) is 18.0 Å². The number of nitrogens with zero attached hydrogens (tertiary/aromatic N) is 2. The van der Waals surface area contributed by atoms with Crippen LogP contribution in [0.2, 0.25) is 10.4 Å². The first-order valence-electron chi connectivity index (χ1n) is 4.78. The van der Waals surface area contributed by atoms with Gasteiger partial charge in [0, 0.05) is 19.6 Å². The number of hydrogen-bond acceptors (Lipinski definition) is 2. The molecule has 0 spiro atoms. The fourth-order valence-electron chi connectivity index (χ4n) is 1.52. The van der Waals surface area contributed by atoms with Crippen LogP contribution in [0.15, 0.2) is 0 Å². The van der Waals surface area contributed by atoms with Crippen LogP contribution < -0.4 is 5.32 Å². The normalized spacial score (nSPS) is 17.1. The summed E-state index contributed by atoms with van der Waals surface area (Å²) in [6, 6.07) is 0.653. The summed E-state index contributed by atoms with van der Waals surface area (Å²) in [5, 5.41) is 4.38. The van der Waals surface area contributed by atoms with Gasteiger partial charge in [-0.3, -0.25) is 0 Å². The Kier molecular flexibility index (Phi) is 3.00. The predicted molar refractivity (Wildman–Crippen MR) is 57.7 cm³/mol. The van der Waals surface area contributed by atoms with Gasteiger partial charge in [0.2, 0.25) is 5.28 Å². The quantitative estimate of drug-likeness (QED) is 0.870. The lowest BCUT2D eigenvalue weighted by molar-refractivity contribution is 0.335. The Morgan fingerprint density at radius 1 is 1.50 bits per heavy atom. The third kappa shape index (κ3) is 1.90. The molecule has 0 radical (unpaired) electrons. The van der Waals surface area contributed by atoms with E-state index < -0.39 is 0 Å². The smallest absolute Gasteiger partial charge is 0.204 e. The molecule has 0 atom stereocenters. The Bertz CT molecular complexity index is 331. The minimum Gasteiger partial charge on any atom is -0.319 e. The summed E-state index contributed by atoms with van der Waals surface area (Å²) < 4.78 is 1.82. The number of halogens is 2. The monoisotopic (exact) mass is 233 g/mol. The van der Waals surface area contributed by atoms with E-state index in [4.69, 9.17) is 23.2 Å². The molecule has 0 saturated heterocycles. The fraction of sp³-hybridized carbons (Fsp3) is 0.667. The summed E-state index contributed by atoms with van der Waals surface area (Å²) in [6.07, 6.45) is 3.87. The van der Waals surface area contributed by atoms with Gasteiger partial charge in [-0.2, -0.15) is 0 Å². The lowest BCUT2D eigenvalue weighted by Gasteiger charge is -2.26. The highest BCUT2D eigenvalue weighted by Gasteiger charge is 2.18. The van der Waals surface area contributed by atoms with E-state index in [0.717, 1.165) is 12.2 Å². The highest BCUT2D eigenvalue weighted by Crippen LogP contribution is 2.22. The number of rotatable bonds is 3.